The maximum atomic E-state index is 12.6. The first-order chi connectivity index (χ1) is 9.56. The summed E-state index contributed by atoms with van der Waals surface area (Å²) in [6, 6.07) is 0.998. The largest absolute Gasteiger partial charge is 0.339 e. The number of hydrogen-bond donors (Lipinski definition) is 1. The predicted octanol–water partition coefficient (Wildman–Crippen LogP) is -0.0473. The lowest BCUT2D eigenvalue weighted by Gasteiger charge is -2.37. The summed E-state index contributed by atoms with van der Waals surface area (Å²) < 4.78 is 0. The zero-order chi connectivity index (χ0) is 14.3. The smallest absolute Gasteiger partial charge is 0.319 e. The van der Waals surface area contributed by atoms with Crippen LogP contribution < -0.4 is 5.32 Å². The number of rotatable bonds is 1. The van der Waals surface area contributed by atoms with Crippen molar-refractivity contribution >= 4 is 11.9 Å². The molecule has 3 heterocycles. The van der Waals surface area contributed by atoms with Gasteiger partial charge in [0.15, 0.2) is 0 Å². The number of carbonyl (C=O) groups is 2. The minimum atomic E-state index is 0.0405. The molecule has 6 nitrogen and oxygen atoms in total. The number of nitrogens with zero attached hydrogens (tertiary/aromatic N) is 3. The van der Waals surface area contributed by atoms with Crippen LogP contribution in [0, 0.1) is 5.92 Å². The fourth-order valence-corrected chi connectivity index (χ4v) is 3.73. The molecule has 3 fully saturated rings. The van der Waals surface area contributed by atoms with E-state index in [2.05, 4.69) is 5.32 Å². The van der Waals surface area contributed by atoms with E-state index >= 15 is 0 Å². The molecule has 0 saturated carbocycles. The van der Waals surface area contributed by atoms with Crippen molar-refractivity contribution in [1.82, 2.24) is 20.0 Å². The van der Waals surface area contributed by atoms with Gasteiger partial charge in [-0.1, -0.05) is 0 Å². The lowest BCUT2D eigenvalue weighted by atomic mass is 9.88. The van der Waals surface area contributed by atoms with E-state index in [1.165, 1.54) is 6.42 Å². The third kappa shape index (κ3) is 2.37. The van der Waals surface area contributed by atoms with Crippen LogP contribution in [0.15, 0.2) is 0 Å². The monoisotopic (exact) mass is 280 g/mol. The highest BCUT2D eigenvalue weighted by atomic mass is 16.2. The summed E-state index contributed by atoms with van der Waals surface area (Å²) in [5, 5.41) is 3.52. The molecule has 0 spiro atoms. The molecule has 0 radical (unpaired) electrons. The molecule has 3 rings (SSSR count). The highest BCUT2D eigenvalue weighted by Crippen LogP contribution is 2.34. The Labute approximate surface area is 120 Å². The summed E-state index contributed by atoms with van der Waals surface area (Å²) >= 11 is 0. The van der Waals surface area contributed by atoms with Gasteiger partial charge in [-0.2, -0.15) is 0 Å². The molecular weight excluding hydrogens is 256 g/mol. The second-order valence-corrected chi connectivity index (χ2v) is 6.38. The SMILES string of the molecule is CN(C)C(=O)N1CCN(C(=O)C2CC3CCC2N3)CC1. The van der Waals surface area contributed by atoms with Crippen molar-refractivity contribution in [2.45, 2.75) is 31.3 Å². The third-order valence-corrected chi connectivity index (χ3v) is 4.86. The Balaban J connectivity index is 1.53. The highest BCUT2D eigenvalue weighted by Gasteiger charge is 2.44. The average molecular weight is 280 g/mol. The first-order valence-corrected chi connectivity index (χ1v) is 7.57. The number of piperazine rings is 1. The molecule has 6 heteroatoms. The van der Waals surface area contributed by atoms with E-state index in [4.69, 9.17) is 0 Å². The normalized spacial score (nSPS) is 32.6. The minimum Gasteiger partial charge on any atom is -0.339 e. The Morgan fingerprint density at radius 3 is 2.20 bits per heavy atom. The van der Waals surface area contributed by atoms with E-state index < -0.39 is 0 Å². The summed E-state index contributed by atoms with van der Waals surface area (Å²) in [7, 11) is 3.53. The number of amides is 3. The van der Waals surface area contributed by atoms with Crippen molar-refractivity contribution in [3.8, 4) is 0 Å². The van der Waals surface area contributed by atoms with Crippen LogP contribution in [0.2, 0.25) is 0 Å². The van der Waals surface area contributed by atoms with E-state index in [-0.39, 0.29) is 11.9 Å². The van der Waals surface area contributed by atoms with Gasteiger partial charge in [0.25, 0.3) is 0 Å². The summed E-state index contributed by atoms with van der Waals surface area (Å²) in [5.41, 5.74) is 0. The van der Waals surface area contributed by atoms with Crippen molar-refractivity contribution in [3.05, 3.63) is 0 Å². The maximum Gasteiger partial charge on any atom is 0.319 e. The zero-order valence-corrected chi connectivity index (χ0v) is 12.3. The van der Waals surface area contributed by atoms with Crippen LogP contribution in [0.1, 0.15) is 19.3 Å². The Kier molecular flexibility index (Phi) is 3.58. The van der Waals surface area contributed by atoms with Crippen molar-refractivity contribution in [1.29, 1.82) is 0 Å². The Morgan fingerprint density at radius 1 is 1.05 bits per heavy atom. The van der Waals surface area contributed by atoms with Crippen LogP contribution in [0.5, 0.6) is 0 Å². The lowest BCUT2D eigenvalue weighted by Crippen LogP contribution is -2.54. The fraction of sp³-hybridized carbons (Fsp3) is 0.857. The standard InChI is InChI=1S/C14H24N4O2/c1-16(2)14(20)18-7-5-17(6-8-18)13(19)11-9-10-3-4-12(11)15-10/h10-12,15H,3-9H2,1-2H3. The third-order valence-electron chi connectivity index (χ3n) is 4.86. The van der Waals surface area contributed by atoms with Crippen LogP contribution in [0.3, 0.4) is 0 Å². The molecular formula is C14H24N4O2. The molecule has 2 bridgehead atoms. The molecule has 3 unspecified atom stereocenters. The molecule has 0 aromatic carbocycles. The molecule has 20 heavy (non-hydrogen) atoms. The fourth-order valence-electron chi connectivity index (χ4n) is 3.73. The second kappa shape index (κ2) is 5.24. The van der Waals surface area contributed by atoms with E-state index in [9.17, 15) is 9.59 Å². The van der Waals surface area contributed by atoms with Gasteiger partial charge in [0, 0.05) is 52.4 Å². The number of urea groups is 1. The highest BCUT2D eigenvalue weighted by molar-refractivity contribution is 5.81. The molecule has 3 aliphatic rings. The van der Waals surface area contributed by atoms with Crippen molar-refractivity contribution in [2.75, 3.05) is 40.3 Å². The first kappa shape index (κ1) is 13.7. The van der Waals surface area contributed by atoms with Gasteiger partial charge in [0.1, 0.15) is 0 Å². The van der Waals surface area contributed by atoms with Gasteiger partial charge >= 0.3 is 6.03 Å². The van der Waals surface area contributed by atoms with Gasteiger partial charge in [-0.05, 0) is 19.3 Å². The predicted molar refractivity (Wildman–Crippen MR) is 75.3 cm³/mol. The summed E-state index contributed by atoms with van der Waals surface area (Å²) in [6.45, 7) is 2.65. The van der Waals surface area contributed by atoms with Gasteiger partial charge in [-0.3, -0.25) is 4.79 Å². The van der Waals surface area contributed by atoms with Crippen LogP contribution in [0.4, 0.5) is 4.79 Å². The second-order valence-electron chi connectivity index (χ2n) is 6.38. The molecule has 1 N–H and O–H groups in total. The molecule has 112 valence electrons. The Bertz CT molecular complexity index is 404. The maximum absolute atomic E-state index is 12.6. The van der Waals surface area contributed by atoms with Gasteiger partial charge < -0.3 is 20.0 Å². The minimum absolute atomic E-state index is 0.0405. The van der Waals surface area contributed by atoms with Crippen molar-refractivity contribution in [2.24, 2.45) is 5.92 Å². The molecule has 0 aromatic rings. The number of hydrogen-bond acceptors (Lipinski definition) is 3. The summed E-state index contributed by atoms with van der Waals surface area (Å²) in [5.74, 6) is 0.464. The summed E-state index contributed by atoms with van der Waals surface area (Å²) in [6.07, 6.45) is 3.36. The number of fused-ring (bicyclic) bond motifs is 2. The van der Waals surface area contributed by atoms with Crippen LogP contribution in [-0.4, -0.2) is 79.0 Å². The Morgan fingerprint density at radius 2 is 1.70 bits per heavy atom. The zero-order valence-electron chi connectivity index (χ0n) is 12.3. The van der Waals surface area contributed by atoms with Gasteiger partial charge in [0.05, 0.1) is 5.92 Å². The van der Waals surface area contributed by atoms with Gasteiger partial charge in [0.2, 0.25) is 5.91 Å². The Hall–Kier alpha value is -1.30. The molecule has 0 aliphatic carbocycles. The molecule has 3 atom stereocenters. The van der Waals surface area contributed by atoms with E-state index in [0.29, 0.717) is 44.2 Å². The average Bonchev–Trinajstić information content (AvgIpc) is 3.08. The van der Waals surface area contributed by atoms with Crippen LogP contribution in [0.25, 0.3) is 0 Å². The number of nitrogens with one attached hydrogen (secondary N) is 1. The van der Waals surface area contributed by atoms with E-state index in [1.54, 1.807) is 19.0 Å². The van der Waals surface area contributed by atoms with Crippen molar-refractivity contribution < 1.29 is 9.59 Å². The topological polar surface area (TPSA) is 55.9 Å². The van der Waals surface area contributed by atoms with Gasteiger partial charge in [-0.15, -0.1) is 0 Å². The molecule has 3 amide bonds. The van der Waals surface area contributed by atoms with Crippen molar-refractivity contribution in [3.63, 3.8) is 0 Å². The number of carbonyl (C=O) groups excluding carboxylic acids is 2. The van der Waals surface area contributed by atoms with Crippen LogP contribution in [-0.2, 0) is 4.79 Å². The quantitative estimate of drug-likeness (QED) is 0.733. The molecule has 3 aliphatic heterocycles. The van der Waals surface area contributed by atoms with Crippen LogP contribution >= 0.6 is 0 Å². The molecule has 3 saturated heterocycles. The first-order valence-electron chi connectivity index (χ1n) is 7.57. The summed E-state index contributed by atoms with van der Waals surface area (Å²) in [4.78, 5) is 29.8. The molecule has 0 aromatic heterocycles. The van der Waals surface area contributed by atoms with E-state index in [1.807, 2.05) is 9.80 Å². The lowest BCUT2D eigenvalue weighted by molar-refractivity contribution is -0.137. The van der Waals surface area contributed by atoms with Gasteiger partial charge in [-0.25, -0.2) is 4.79 Å². The van der Waals surface area contributed by atoms with E-state index in [0.717, 1.165) is 12.8 Å².